The fraction of sp³-hybridized carbons (Fsp3) is 0.357. The molecule has 39 heavy (non-hydrogen) atoms. The van der Waals surface area contributed by atoms with Crippen LogP contribution in [0.5, 0.6) is 0 Å². The zero-order valence-electron chi connectivity index (χ0n) is 21.4. The van der Waals surface area contributed by atoms with Crippen molar-refractivity contribution in [3.05, 3.63) is 77.6 Å². The van der Waals surface area contributed by atoms with Gasteiger partial charge in [0.2, 0.25) is 5.95 Å². The van der Waals surface area contributed by atoms with Crippen molar-refractivity contribution in [1.29, 1.82) is 0 Å². The topological polar surface area (TPSA) is 130 Å². The van der Waals surface area contributed by atoms with Gasteiger partial charge in [-0.05, 0) is 47.9 Å². The van der Waals surface area contributed by atoms with Gasteiger partial charge in [-0.15, -0.1) is 5.10 Å². The summed E-state index contributed by atoms with van der Waals surface area (Å²) in [4.78, 5) is 18.1. The standard InChI is InChI=1S/C28H27F2N7O2/c1-27(2)18-6-7-28(27,25-17(18)8-21(36-37-25)24-19(29)4-3-5-20(24)30)23-13-31-12-22(35-23)15-9-32-26(33-10-15)34-11-16(39)14-38/h3-5,8-10,12-13,16,18,38-39H,6-7,11,14H2,1-2H3,(H,32,33,34)/t16-,18+,28+/m1/s1. The summed E-state index contributed by atoms with van der Waals surface area (Å²) < 4.78 is 29.1. The van der Waals surface area contributed by atoms with Crippen molar-refractivity contribution in [3.63, 3.8) is 0 Å². The van der Waals surface area contributed by atoms with E-state index in [-0.39, 0.29) is 35.7 Å². The Kier molecular flexibility index (Phi) is 6.07. The summed E-state index contributed by atoms with van der Waals surface area (Å²) in [7, 11) is 0. The third kappa shape index (κ3) is 3.87. The molecule has 3 atom stereocenters. The molecule has 200 valence electrons. The summed E-state index contributed by atoms with van der Waals surface area (Å²) in [5.41, 5.74) is 2.86. The monoisotopic (exact) mass is 531 g/mol. The molecule has 2 bridgehead atoms. The Morgan fingerprint density at radius 3 is 2.51 bits per heavy atom. The quantitative estimate of drug-likeness (QED) is 0.327. The molecule has 0 radical (unpaired) electrons. The number of fused-ring (bicyclic) bond motifs is 5. The predicted octanol–water partition coefficient (Wildman–Crippen LogP) is 3.64. The first-order chi connectivity index (χ1) is 18.8. The first kappa shape index (κ1) is 25.3. The second-order valence-electron chi connectivity index (χ2n) is 10.7. The van der Waals surface area contributed by atoms with Crippen LogP contribution in [0, 0.1) is 17.0 Å². The largest absolute Gasteiger partial charge is 0.394 e. The summed E-state index contributed by atoms with van der Waals surface area (Å²) in [5, 5.41) is 30.2. The van der Waals surface area contributed by atoms with Crippen molar-refractivity contribution in [3.8, 4) is 22.5 Å². The molecule has 2 aliphatic carbocycles. The van der Waals surface area contributed by atoms with E-state index in [1.165, 1.54) is 18.2 Å². The Hall–Kier alpha value is -3.96. The fourth-order valence-corrected chi connectivity index (χ4v) is 6.29. The van der Waals surface area contributed by atoms with Gasteiger partial charge >= 0.3 is 0 Å². The lowest BCUT2D eigenvalue weighted by atomic mass is 9.66. The van der Waals surface area contributed by atoms with E-state index >= 15 is 0 Å². The molecule has 4 aromatic rings. The predicted molar refractivity (Wildman–Crippen MR) is 139 cm³/mol. The Bertz CT molecular complexity index is 1530. The first-order valence-corrected chi connectivity index (χ1v) is 12.8. The number of benzene rings is 1. The number of aliphatic hydroxyl groups is 2. The molecule has 0 amide bonds. The van der Waals surface area contributed by atoms with Gasteiger partial charge in [-0.25, -0.2) is 23.7 Å². The van der Waals surface area contributed by atoms with Gasteiger partial charge in [-0.1, -0.05) is 19.9 Å². The number of aliphatic hydroxyl groups excluding tert-OH is 2. The van der Waals surface area contributed by atoms with Crippen LogP contribution in [0.3, 0.4) is 0 Å². The lowest BCUT2D eigenvalue weighted by Gasteiger charge is -2.37. The number of rotatable bonds is 7. The summed E-state index contributed by atoms with van der Waals surface area (Å²) in [5.74, 6) is -0.915. The maximum atomic E-state index is 14.5. The summed E-state index contributed by atoms with van der Waals surface area (Å²) in [6.45, 7) is 4.11. The molecular weight excluding hydrogens is 504 g/mol. The molecule has 0 saturated heterocycles. The zero-order valence-corrected chi connectivity index (χ0v) is 21.4. The minimum absolute atomic E-state index is 0.116. The highest BCUT2D eigenvalue weighted by Gasteiger charge is 2.65. The highest BCUT2D eigenvalue weighted by molar-refractivity contribution is 5.64. The van der Waals surface area contributed by atoms with E-state index in [4.69, 9.17) is 10.1 Å². The van der Waals surface area contributed by atoms with Crippen LogP contribution in [0.15, 0.2) is 49.1 Å². The maximum absolute atomic E-state index is 14.5. The molecule has 0 unspecified atom stereocenters. The van der Waals surface area contributed by atoms with E-state index in [0.29, 0.717) is 17.2 Å². The van der Waals surface area contributed by atoms with Gasteiger partial charge < -0.3 is 15.5 Å². The second-order valence-corrected chi connectivity index (χ2v) is 10.7. The van der Waals surface area contributed by atoms with Gasteiger partial charge in [-0.2, -0.15) is 5.10 Å². The van der Waals surface area contributed by atoms with Crippen molar-refractivity contribution in [1.82, 2.24) is 30.1 Å². The van der Waals surface area contributed by atoms with Crippen LogP contribution in [-0.4, -0.2) is 59.6 Å². The fourth-order valence-electron chi connectivity index (χ4n) is 6.29. The van der Waals surface area contributed by atoms with Crippen LogP contribution in [0.2, 0.25) is 0 Å². The van der Waals surface area contributed by atoms with Crippen LogP contribution in [0.4, 0.5) is 14.7 Å². The first-order valence-electron chi connectivity index (χ1n) is 12.8. The van der Waals surface area contributed by atoms with Crippen molar-refractivity contribution < 1.29 is 19.0 Å². The van der Waals surface area contributed by atoms with E-state index in [0.717, 1.165) is 29.8 Å². The Labute approximate surface area is 223 Å². The van der Waals surface area contributed by atoms with Gasteiger partial charge in [0, 0.05) is 30.7 Å². The average molecular weight is 532 g/mol. The van der Waals surface area contributed by atoms with Gasteiger partial charge in [0.05, 0.1) is 52.7 Å². The van der Waals surface area contributed by atoms with E-state index in [1.807, 2.05) is 0 Å². The number of hydrogen-bond donors (Lipinski definition) is 3. The summed E-state index contributed by atoms with van der Waals surface area (Å²) >= 11 is 0. The van der Waals surface area contributed by atoms with E-state index in [1.54, 1.807) is 30.9 Å². The van der Waals surface area contributed by atoms with Crippen molar-refractivity contribution >= 4 is 5.95 Å². The Balaban J connectivity index is 1.38. The summed E-state index contributed by atoms with van der Waals surface area (Å²) in [6.07, 6.45) is 7.39. The van der Waals surface area contributed by atoms with Crippen LogP contribution in [-0.2, 0) is 5.41 Å². The zero-order chi connectivity index (χ0) is 27.4. The number of nitrogens with one attached hydrogen (secondary N) is 1. The number of hydrogen-bond acceptors (Lipinski definition) is 9. The molecule has 1 aromatic carbocycles. The maximum Gasteiger partial charge on any atom is 0.222 e. The van der Waals surface area contributed by atoms with Crippen LogP contribution < -0.4 is 5.32 Å². The van der Waals surface area contributed by atoms with Gasteiger partial charge in [-0.3, -0.25) is 4.98 Å². The Morgan fingerprint density at radius 1 is 1.05 bits per heavy atom. The third-order valence-electron chi connectivity index (χ3n) is 8.33. The minimum Gasteiger partial charge on any atom is -0.394 e. The highest BCUT2D eigenvalue weighted by Crippen LogP contribution is 2.69. The number of halogens is 2. The second kappa shape index (κ2) is 9.35. The van der Waals surface area contributed by atoms with Crippen LogP contribution in [0.1, 0.15) is 49.6 Å². The SMILES string of the molecule is CC1(C)[C@H]2CC[C@]1(c1cncc(-c3cnc(NC[C@@H](O)CO)nc3)n1)c1nnc(-c3c(F)cccc3F)cc12. The molecule has 3 heterocycles. The van der Waals surface area contributed by atoms with E-state index in [2.05, 4.69) is 44.3 Å². The number of nitrogens with zero attached hydrogens (tertiary/aromatic N) is 6. The van der Waals surface area contributed by atoms with Crippen molar-refractivity contribution in [2.24, 2.45) is 5.41 Å². The normalized spacial score (nSPS) is 21.5. The lowest BCUT2D eigenvalue weighted by Crippen LogP contribution is -2.38. The molecule has 2 aliphatic rings. The van der Waals surface area contributed by atoms with Crippen molar-refractivity contribution in [2.75, 3.05) is 18.5 Å². The molecule has 1 saturated carbocycles. The van der Waals surface area contributed by atoms with Crippen LogP contribution >= 0.6 is 0 Å². The smallest absolute Gasteiger partial charge is 0.222 e. The Morgan fingerprint density at radius 2 is 1.79 bits per heavy atom. The van der Waals surface area contributed by atoms with Crippen molar-refractivity contribution in [2.45, 2.75) is 44.1 Å². The molecule has 1 fully saturated rings. The molecule has 0 aliphatic heterocycles. The lowest BCUT2D eigenvalue weighted by molar-refractivity contribution is 0.105. The molecule has 3 aromatic heterocycles. The molecule has 6 rings (SSSR count). The third-order valence-corrected chi connectivity index (χ3v) is 8.33. The average Bonchev–Trinajstić information content (AvgIpc) is 3.33. The van der Waals surface area contributed by atoms with Gasteiger partial charge in [0.1, 0.15) is 11.6 Å². The molecular formula is C28H27F2N7O2. The molecule has 0 spiro atoms. The summed E-state index contributed by atoms with van der Waals surface area (Å²) in [6, 6.07) is 5.55. The van der Waals surface area contributed by atoms with Gasteiger partial charge in [0.15, 0.2) is 0 Å². The number of anilines is 1. The number of aromatic nitrogens is 6. The van der Waals surface area contributed by atoms with Gasteiger partial charge in [0.25, 0.3) is 0 Å². The van der Waals surface area contributed by atoms with E-state index < -0.39 is 23.2 Å². The highest BCUT2D eigenvalue weighted by atomic mass is 19.1. The van der Waals surface area contributed by atoms with Crippen LogP contribution in [0.25, 0.3) is 22.5 Å². The molecule has 9 nitrogen and oxygen atoms in total. The van der Waals surface area contributed by atoms with E-state index in [9.17, 15) is 13.9 Å². The molecule has 3 N–H and O–H groups in total. The minimum atomic E-state index is -0.909. The molecule has 11 heteroatoms.